The first kappa shape index (κ1) is 5.34. The third kappa shape index (κ3) is 0.849. The Morgan fingerprint density at radius 2 is 2.56 bits per heavy atom. The van der Waals surface area contributed by atoms with Crippen molar-refractivity contribution in [3.63, 3.8) is 0 Å². The van der Waals surface area contributed by atoms with Crippen molar-refractivity contribution in [1.29, 1.82) is 0 Å². The molecule has 1 saturated heterocycles. The van der Waals surface area contributed by atoms with Crippen molar-refractivity contribution in [2.45, 2.75) is 12.4 Å². The van der Waals surface area contributed by atoms with Crippen molar-refractivity contribution in [2.75, 3.05) is 0 Å². The zero-order valence-corrected chi connectivity index (χ0v) is 5.34. The summed E-state index contributed by atoms with van der Waals surface area (Å²) in [7, 11) is 0. The largest absolute Gasteiger partial charge is 0.365 e. The first-order chi connectivity index (χ1) is 4.38. The van der Waals surface area contributed by atoms with E-state index in [1.807, 2.05) is 5.38 Å². The summed E-state index contributed by atoms with van der Waals surface area (Å²) in [6.07, 6.45) is 0.968. The van der Waals surface area contributed by atoms with Gasteiger partial charge in [-0.15, -0.1) is 11.3 Å². The van der Waals surface area contributed by atoms with E-state index in [9.17, 15) is 0 Å². The van der Waals surface area contributed by atoms with E-state index in [0.29, 0.717) is 0 Å². The number of rotatable bonds is 1. The summed E-state index contributed by atoms with van der Waals surface area (Å²) in [5.74, 6) is 0. The van der Waals surface area contributed by atoms with Crippen LogP contribution in [0.1, 0.15) is 11.1 Å². The summed E-state index contributed by atoms with van der Waals surface area (Å²) in [5.41, 5.74) is 0. The molecule has 0 radical (unpaired) electrons. The lowest BCUT2D eigenvalue weighted by Gasteiger charge is -1.78. The van der Waals surface area contributed by atoms with Gasteiger partial charge in [-0.25, -0.2) is 4.98 Å². The molecule has 1 fully saturated rings. The highest BCUT2D eigenvalue weighted by Crippen LogP contribution is 2.37. The Bertz CT molecular complexity index is 199. The average molecular weight is 143 g/mol. The van der Waals surface area contributed by atoms with Crippen LogP contribution in [-0.2, 0) is 4.74 Å². The normalized spacial score (nSPS) is 32.6. The number of hydrogen-bond acceptors (Lipinski definition) is 4. The summed E-state index contributed by atoms with van der Waals surface area (Å²) >= 11 is 1.50. The van der Waals surface area contributed by atoms with Crippen LogP contribution in [0.15, 0.2) is 11.6 Å². The van der Waals surface area contributed by atoms with Crippen LogP contribution in [0.5, 0.6) is 0 Å². The molecule has 0 bridgehead atoms. The summed E-state index contributed by atoms with van der Waals surface area (Å²) in [6.45, 7) is 0. The van der Waals surface area contributed by atoms with Gasteiger partial charge in [0.1, 0.15) is 5.01 Å². The van der Waals surface area contributed by atoms with Gasteiger partial charge in [-0.2, -0.15) is 0 Å². The molecule has 2 atom stereocenters. The molecule has 1 aliphatic heterocycles. The summed E-state index contributed by atoms with van der Waals surface area (Å²) in [4.78, 5) is 3.96. The van der Waals surface area contributed by atoms with Gasteiger partial charge >= 0.3 is 0 Å². The molecule has 0 spiro atoms. The van der Waals surface area contributed by atoms with Crippen LogP contribution in [0, 0.1) is 0 Å². The number of hydrogen-bond donors (Lipinski definition) is 1. The molecule has 0 saturated carbocycles. The minimum atomic E-state index is -0.601. The Morgan fingerprint density at radius 3 is 3.00 bits per heavy atom. The lowest BCUT2D eigenvalue weighted by molar-refractivity contribution is 0.156. The number of ether oxygens (including phenoxy) is 1. The van der Waals surface area contributed by atoms with E-state index >= 15 is 0 Å². The highest BCUT2D eigenvalue weighted by molar-refractivity contribution is 7.09. The van der Waals surface area contributed by atoms with E-state index in [4.69, 9.17) is 9.84 Å². The van der Waals surface area contributed by atoms with Crippen molar-refractivity contribution in [3.8, 4) is 0 Å². The molecule has 48 valence electrons. The van der Waals surface area contributed by atoms with E-state index in [0.717, 1.165) is 5.01 Å². The minimum Gasteiger partial charge on any atom is -0.365 e. The summed E-state index contributed by atoms with van der Waals surface area (Å²) < 4.78 is 4.76. The zero-order chi connectivity index (χ0) is 6.27. The SMILES string of the molecule is OC1OC1c1nccs1. The fourth-order valence-corrected chi connectivity index (χ4v) is 1.35. The van der Waals surface area contributed by atoms with Gasteiger partial charge in [0, 0.05) is 11.6 Å². The molecule has 1 aliphatic rings. The van der Waals surface area contributed by atoms with E-state index in [2.05, 4.69) is 4.98 Å². The first-order valence-electron chi connectivity index (χ1n) is 2.61. The van der Waals surface area contributed by atoms with Gasteiger partial charge < -0.3 is 9.84 Å². The van der Waals surface area contributed by atoms with Crippen molar-refractivity contribution < 1.29 is 9.84 Å². The van der Waals surface area contributed by atoms with Crippen molar-refractivity contribution in [3.05, 3.63) is 16.6 Å². The van der Waals surface area contributed by atoms with E-state index in [1.165, 1.54) is 11.3 Å². The second-order valence-electron chi connectivity index (χ2n) is 1.82. The number of aliphatic hydroxyl groups excluding tert-OH is 1. The summed E-state index contributed by atoms with van der Waals surface area (Å²) in [5, 5.41) is 11.5. The molecule has 1 N–H and O–H groups in total. The van der Waals surface area contributed by atoms with Crippen LogP contribution >= 0.6 is 11.3 Å². The number of thiazole rings is 1. The Morgan fingerprint density at radius 1 is 1.78 bits per heavy atom. The van der Waals surface area contributed by atoms with Gasteiger partial charge in [0.15, 0.2) is 12.4 Å². The maximum atomic E-state index is 8.74. The second-order valence-corrected chi connectivity index (χ2v) is 2.74. The monoisotopic (exact) mass is 143 g/mol. The predicted molar refractivity (Wildman–Crippen MR) is 31.9 cm³/mol. The molecule has 9 heavy (non-hydrogen) atoms. The van der Waals surface area contributed by atoms with Gasteiger partial charge in [-0.1, -0.05) is 0 Å². The highest BCUT2D eigenvalue weighted by atomic mass is 32.1. The van der Waals surface area contributed by atoms with Crippen molar-refractivity contribution in [2.24, 2.45) is 0 Å². The Balaban J connectivity index is 2.18. The van der Waals surface area contributed by atoms with Crippen LogP contribution < -0.4 is 0 Å². The predicted octanol–water partition coefficient (Wildman–Crippen LogP) is 0.533. The van der Waals surface area contributed by atoms with Crippen LogP contribution in [0.25, 0.3) is 0 Å². The molecule has 2 rings (SSSR count). The number of nitrogens with zero attached hydrogens (tertiary/aromatic N) is 1. The second kappa shape index (κ2) is 1.76. The van der Waals surface area contributed by atoms with Crippen LogP contribution in [0.2, 0.25) is 0 Å². The fraction of sp³-hybridized carbons (Fsp3) is 0.400. The summed E-state index contributed by atoms with van der Waals surface area (Å²) in [6, 6.07) is 0. The van der Waals surface area contributed by atoms with Crippen molar-refractivity contribution >= 4 is 11.3 Å². The van der Waals surface area contributed by atoms with E-state index < -0.39 is 6.29 Å². The van der Waals surface area contributed by atoms with E-state index in [-0.39, 0.29) is 6.10 Å². The van der Waals surface area contributed by atoms with E-state index in [1.54, 1.807) is 6.20 Å². The zero-order valence-electron chi connectivity index (χ0n) is 4.52. The molecule has 0 aromatic carbocycles. The first-order valence-corrected chi connectivity index (χ1v) is 3.49. The molecular weight excluding hydrogens is 138 g/mol. The number of epoxide rings is 1. The average Bonchev–Trinajstić information content (AvgIpc) is 2.44. The lowest BCUT2D eigenvalue weighted by Crippen LogP contribution is -1.82. The Labute approximate surface area is 55.9 Å². The number of aromatic nitrogens is 1. The van der Waals surface area contributed by atoms with Crippen LogP contribution in [-0.4, -0.2) is 16.4 Å². The molecular formula is C5H5NO2S. The molecule has 3 nitrogen and oxygen atoms in total. The molecule has 2 unspecified atom stereocenters. The minimum absolute atomic E-state index is 0.134. The third-order valence-electron chi connectivity index (χ3n) is 1.16. The molecule has 1 aromatic heterocycles. The van der Waals surface area contributed by atoms with Gasteiger partial charge in [0.05, 0.1) is 0 Å². The highest BCUT2D eigenvalue weighted by Gasteiger charge is 2.40. The molecule has 2 heterocycles. The smallest absolute Gasteiger partial charge is 0.189 e. The maximum Gasteiger partial charge on any atom is 0.189 e. The van der Waals surface area contributed by atoms with Crippen LogP contribution in [0.3, 0.4) is 0 Å². The van der Waals surface area contributed by atoms with Gasteiger partial charge in [-0.3, -0.25) is 0 Å². The van der Waals surface area contributed by atoms with Gasteiger partial charge in [0.25, 0.3) is 0 Å². The van der Waals surface area contributed by atoms with Gasteiger partial charge in [0.2, 0.25) is 0 Å². The topological polar surface area (TPSA) is 45.6 Å². The lowest BCUT2D eigenvalue weighted by atomic mass is 10.5. The standard InChI is InChI=1S/C5H5NO2S/c7-5-3(8-5)4-6-1-2-9-4/h1-3,5,7H. The van der Waals surface area contributed by atoms with Crippen molar-refractivity contribution in [1.82, 2.24) is 4.98 Å². The molecule has 0 aliphatic carbocycles. The Hall–Kier alpha value is -0.450. The third-order valence-corrected chi connectivity index (χ3v) is 2.00. The Kier molecular flexibility index (Phi) is 1.05. The quantitative estimate of drug-likeness (QED) is 0.583. The van der Waals surface area contributed by atoms with Crippen LogP contribution in [0.4, 0.5) is 0 Å². The fourth-order valence-electron chi connectivity index (χ4n) is 0.660. The molecule has 1 aromatic rings. The molecule has 4 heteroatoms. The van der Waals surface area contributed by atoms with Gasteiger partial charge in [-0.05, 0) is 0 Å². The number of aliphatic hydroxyl groups is 1. The maximum absolute atomic E-state index is 8.74. The molecule has 0 amide bonds.